The molecular formula is C14H19NO2. The van der Waals surface area contributed by atoms with Crippen molar-refractivity contribution in [3.8, 4) is 0 Å². The molecule has 0 aliphatic heterocycles. The Bertz CT molecular complexity index is 468. The quantitative estimate of drug-likeness (QED) is 0.842. The van der Waals surface area contributed by atoms with Gasteiger partial charge < -0.3 is 10.8 Å². The van der Waals surface area contributed by atoms with E-state index in [0.717, 1.165) is 11.1 Å². The lowest BCUT2D eigenvalue weighted by Gasteiger charge is -2.16. The largest absolute Gasteiger partial charge is 0.481 e. The van der Waals surface area contributed by atoms with Gasteiger partial charge in [-0.1, -0.05) is 12.1 Å². The average molecular weight is 233 g/mol. The van der Waals surface area contributed by atoms with Crippen LogP contribution in [0, 0.1) is 32.6 Å². The van der Waals surface area contributed by atoms with Gasteiger partial charge in [-0.3, -0.25) is 4.79 Å². The Morgan fingerprint density at radius 2 is 1.88 bits per heavy atom. The van der Waals surface area contributed by atoms with Crippen LogP contribution in [0.4, 0.5) is 0 Å². The molecule has 1 aromatic carbocycles. The van der Waals surface area contributed by atoms with Crippen LogP contribution in [0.25, 0.3) is 0 Å². The minimum atomic E-state index is -0.716. The van der Waals surface area contributed by atoms with Crippen LogP contribution in [0.5, 0.6) is 0 Å². The molecule has 0 bridgehead atoms. The van der Waals surface area contributed by atoms with Gasteiger partial charge in [-0.15, -0.1) is 0 Å². The summed E-state index contributed by atoms with van der Waals surface area (Å²) in [6.07, 6.45) is 0.711. The highest BCUT2D eigenvalue weighted by molar-refractivity contribution is 5.73. The summed E-state index contributed by atoms with van der Waals surface area (Å²) in [5.41, 5.74) is 10.9. The van der Waals surface area contributed by atoms with Crippen LogP contribution in [0.1, 0.15) is 34.7 Å². The summed E-state index contributed by atoms with van der Waals surface area (Å²) in [4.78, 5) is 10.9. The van der Waals surface area contributed by atoms with Gasteiger partial charge in [-0.05, 0) is 55.4 Å². The molecule has 0 amide bonds. The number of hydrogen-bond acceptors (Lipinski definition) is 2. The van der Waals surface area contributed by atoms with Gasteiger partial charge in [0, 0.05) is 6.04 Å². The van der Waals surface area contributed by atoms with Crippen LogP contribution < -0.4 is 5.73 Å². The van der Waals surface area contributed by atoms with E-state index in [9.17, 15) is 4.79 Å². The molecule has 1 aromatic rings. The van der Waals surface area contributed by atoms with Crippen molar-refractivity contribution >= 4 is 5.97 Å². The summed E-state index contributed by atoms with van der Waals surface area (Å²) < 4.78 is 0. The Morgan fingerprint density at radius 3 is 2.41 bits per heavy atom. The van der Waals surface area contributed by atoms with Crippen LogP contribution in [0.15, 0.2) is 12.1 Å². The predicted molar refractivity (Wildman–Crippen MR) is 66.8 cm³/mol. The molecule has 0 radical (unpaired) electrons. The summed E-state index contributed by atoms with van der Waals surface area (Å²) in [7, 11) is 0. The molecule has 1 fully saturated rings. The van der Waals surface area contributed by atoms with E-state index in [4.69, 9.17) is 10.8 Å². The third kappa shape index (κ3) is 2.20. The van der Waals surface area contributed by atoms with Crippen molar-refractivity contribution < 1.29 is 9.90 Å². The summed E-state index contributed by atoms with van der Waals surface area (Å²) in [5, 5.41) is 8.93. The van der Waals surface area contributed by atoms with Crippen molar-refractivity contribution in [2.75, 3.05) is 0 Å². The SMILES string of the molecule is Cc1cc(C)c(C(N)C2CC2C(=O)O)cc1C. The van der Waals surface area contributed by atoms with Crippen LogP contribution in [0.3, 0.4) is 0 Å². The first-order valence-electron chi connectivity index (χ1n) is 5.98. The fraction of sp³-hybridized carbons (Fsp3) is 0.500. The lowest BCUT2D eigenvalue weighted by molar-refractivity contribution is -0.138. The van der Waals surface area contributed by atoms with E-state index in [-0.39, 0.29) is 17.9 Å². The molecule has 0 spiro atoms. The fourth-order valence-electron chi connectivity index (χ4n) is 2.47. The Balaban J connectivity index is 2.24. The zero-order valence-electron chi connectivity index (χ0n) is 10.5. The molecule has 1 aliphatic carbocycles. The van der Waals surface area contributed by atoms with E-state index < -0.39 is 5.97 Å². The fourth-order valence-corrected chi connectivity index (χ4v) is 2.47. The van der Waals surface area contributed by atoms with Crippen molar-refractivity contribution in [3.63, 3.8) is 0 Å². The van der Waals surface area contributed by atoms with Crippen LogP contribution in [-0.4, -0.2) is 11.1 Å². The molecule has 0 saturated heterocycles. The normalized spacial score (nSPS) is 24.5. The standard InChI is InChI=1S/C14H19NO2/c1-7-4-9(3)10(5-8(7)2)13(15)11-6-12(11)14(16)17/h4-5,11-13H,6,15H2,1-3H3,(H,16,17). The molecule has 3 heteroatoms. The lowest BCUT2D eigenvalue weighted by atomic mass is 9.93. The number of carboxylic acid groups (broad SMARTS) is 1. The number of carbonyl (C=O) groups is 1. The van der Waals surface area contributed by atoms with Crippen molar-refractivity contribution in [2.45, 2.75) is 33.2 Å². The second-order valence-electron chi connectivity index (χ2n) is 5.16. The van der Waals surface area contributed by atoms with Gasteiger partial charge in [0.05, 0.1) is 5.92 Å². The maximum Gasteiger partial charge on any atom is 0.306 e. The second-order valence-corrected chi connectivity index (χ2v) is 5.16. The van der Waals surface area contributed by atoms with Crippen molar-refractivity contribution in [3.05, 3.63) is 34.4 Å². The van der Waals surface area contributed by atoms with E-state index in [0.29, 0.717) is 6.42 Å². The third-order valence-electron chi connectivity index (χ3n) is 3.86. The maximum atomic E-state index is 10.9. The van der Waals surface area contributed by atoms with Crippen LogP contribution in [0.2, 0.25) is 0 Å². The van der Waals surface area contributed by atoms with E-state index in [1.807, 2.05) is 6.92 Å². The Hall–Kier alpha value is -1.35. The number of rotatable bonds is 3. The molecular weight excluding hydrogens is 214 g/mol. The van der Waals surface area contributed by atoms with Gasteiger partial charge in [0.15, 0.2) is 0 Å². The third-order valence-corrected chi connectivity index (χ3v) is 3.86. The monoisotopic (exact) mass is 233 g/mol. The number of nitrogens with two attached hydrogens (primary N) is 1. The minimum absolute atomic E-state index is 0.105. The molecule has 1 aliphatic rings. The topological polar surface area (TPSA) is 63.3 Å². The highest BCUT2D eigenvalue weighted by atomic mass is 16.4. The number of carboxylic acids is 1. The van der Waals surface area contributed by atoms with Gasteiger partial charge in [0.25, 0.3) is 0 Å². The summed E-state index contributed by atoms with van der Waals surface area (Å²) in [5.74, 6) is -0.855. The number of hydrogen-bond donors (Lipinski definition) is 2. The molecule has 1 saturated carbocycles. The molecule has 2 rings (SSSR count). The molecule has 0 heterocycles. The molecule has 92 valence electrons. The Kier molecular flexibility index (Phi) is 2.96. The van der Waals surface area contributed by atoms with Gasteiger partial charge >= 0.3 is 5.97 Å². The van der Waals surface area contributed by atoms with Crippen LogP contribution >= 0.6 is 0 Å². The van der Waals surface area contributed by atoms with E-state index in [2.05, 4.69) is 26.0 Å². The smallest absolute Gasteiger partial charge is 0.306 e. The first kappa shape index (κ1) is 12.1. The first-order chi connectivity index (χ1) is 7.91. The van der Waals surface area contributed by atoms with Crippen LogP contribution in [-0.2, 0) is 4.79 Å². The number of benzene rings is 1. The summed E-state index contributed by atoms with van der Waals surface area (Å²) in [6, 6.07) is 4.09. The minimum Gasteiger partial charge on any atom is -0.481 e. The van der Waals surface area contributed by atoms with E-state index >= 15 is 0 Å². The maximum absolute atomic E-state index is 10.9. The lowest BCUT2D eigenvalue weighted by Crippen LogP contribution is -2.17. The molecule has 17 heavy (non-hydrogen) atoms. The summed E-state index contributed by atoms with van der Waals surface area (Å²) >= 11 is 0. The van der Waals surface area contributed by atoms with E-state index in [1.165, 1.54) is 11.1 Å². The molecule has 0 aromatic heterocycles. The zero-order chi connectivity index (χ0) is 12.7. The highest BCUT2D eigenvalue weighted by Gasteiger charge is 2.47. The Morgan fingerprint density at radius 1 is 1.29 bits per heavy atom. The highest BCUT2D eigenvalue weighted by Crippen LogP contribution is 2.47. The predicted octanol–water partition coefficient (Wildman–Crippen LogP) is 2.33. The van der Waals surface area contributed by atoms with Crippen molar-refractivity contribution in [1.82, 2.24) is 0 Å². The van der Waals surface area contributed by atoms with Crippen molar-refractivity contribution in [2.24, 2.45) is 17.6 Å². The van der Waals surface area contributed by atoms with Gasteiger partial charge in [0.1, 0.15) is 0 Å². The first-order valence-corrected chi connectivity index (χ1v) is 5.98. The zero-order valence-corrected chi connectivity index (χ0v) is 10.5. The average Bonchev–Trinajstić information content (AvgIpc) is 3.02. The van der Waals surface area contributed by atoms with Gasteiger partial charge in [-0.25, -0.2) is 0 Å². The van der Waals surface area contributed by atoms with Gasteiger partial charge in [0.2, 0.25) is 0 Å². The molecule has 3 N–H and O–H groups in total. The number of aliphatic carboxylic acids is 1. The number of aryl methyl sites for hydroxylation is 3. The molecule has 3 nitrogen and oxygen atoms in total. The second kappa shape index (κ2) is 4.15. The molecule has 3 atom stereocenters. The van der Waals surface area contributed by atoms with Gasteiger partial charge in [-0.2, -0.15) is 0 Å². The van der Waals surface area contributed by atoms with Crippen molar-refractivity contribution in [1.29, 1.82) is 0 Å². The van der Waals surface area contributed by atoms with E-state index in [1.54, 1.807) is 0 Å². The molecule has 3 unspecified atom stereocenters. The summed E-state index contributed by atoms with van der Waals surface area (Å²) in [6.45, 7) is 6.18. The Labute approximate surface area is 102 Å².